The van der Waals surface area contributed by atoms with Gasteiger partial charge in [0.05, 0.1) is 18.8 Å². The van der Waals surface area contributed by atoms with Gasteiger partial charge in [0, 0.05) is 25.9 Å². The molecule has 94 valence electrons. The first-order chi connectivity index (χ1) is 7.86. The molecule has 0 aliphatic carbocycles. The Morgan fingerprint density at radius 2 is 2.25 bits per heavy atom. The summed E-state index contributed by atoms with van der Waals surface area (Å²) >= 11 is 0. The highest BCUT2D eigenvalue weighted by atomic mass is 16.5. The summed E-state index contributed by atoms with van der Waals surface area (Å²) in [4.78, 5) is 0. The summed E-state index contributed by atoms with van der Waals surface area (Å²) < 4.78 is 16.4. The molecule has 2 rings (SSSR count). The Morgan fingerprint density at radius 1 is 1.31 bits per heavy atom. The van der Waals surface area contributed by atoms with Crippen molar-refractivity contribution in [3.05, 3.63) is 0 Å². The van der Waals surface area contributed by atoms with Crippen molar-refractivity contribution in [1.29, 1.82) is 0 Å². The molecule has 0 aromatic heterocycles. The third-order valence-electron chi connectivity index (χ3n) is 3.35. The molecule has 0 aromatic rings. The molecule has 0 amide bonds. The van der Waals surface area contributed by atoms with Crippen molar-refractivity contribution in [1.82, 2.24) is 5.32 Å². The molecular formula is C12H23NO3. The third kappa shape index (κ3) is 3.70. The first-order valence-electron chi connectivity index (χ1n) is 6.40. The van der Waals surface area contributed by atoms with Gasteiger partial charge in [-0.15, -0.1) is 0 Å². The first-order valence-corrected chi connectivity index (χ1v) is 6.40. The molecule has 1 N–H and O–H groups in total. The topological polar surface area (TPSA) is 39.7 Å². The van der Waals surface area contributed by atoms with Gasteiger partial charge in [0.15, 0.2) is 0 Å². The molecule has 0 bridgehead atoms. The quantitative estimate of drug-likeness (QED) is 0.688. The van der Waals surface area contributed by atoms with E-state index in [2.05, 4.69) is 12.2 Å². The van der Waals surface area contributed by atoms with E-state index in [-0.39, 0.29) is 0 Å². The normalized spacial score (nSPS) is 34.7. The van der Waals surface area contributed by atoms with Crippen LogP contribution in [0.15, 0.2) is 0 Å². The lowest BCUT2D eigenvalue weighted by molar-refractivity contribution is 0.0409. The van der Waals surface area contributed by atoms with Gasteiger partial charge in [0.2, 0.25) is 0 Å². The summed E-state index contributed by atoms with van der Waals surface area (Å²) in [7, 11) is 0. The van der Waals surface area contributed by atoms with Crippen molar-refractivity contribution in [3.8, 4) is 0 Å². The number of hydrogen-bond acceptors (Lipinski definition) is 4. The van der Waals surface area contributed by atoms with Crippen LogP contribution in [-0.4, -0.2) is 51.2 Å². The molecule has 4 nitrogen and oxygen atoms in total. The molecule has 2 aliphatic rings. The Labute approximate surface area is 97.6 Å². The second-order valence-electron chi connectivity index (χ2n) is 4.64. The smallest absolute Gasteiger partial charge is 0.0830 e. The molecule has 2 aliphatic heterocycles. The fourth-order valence-corrected chi connectivity index (χ4v) is 2.25. The van der Waals surface area contributed by atoms with Crippen molar-refractivity contribution in [3.63, 3.8) is 0 Å². The minimum absolute atomic E-state index is 0.341. The molecule has 16 heavy (non-hydrogen) atoms. The first kappa shape index (κ1) is 12.3. The van der Waals surface area contributed by atoms with Crippen molar-refractivity contribution in [2.24, 2.45) is 0 Å². The number of hydrogen-bond donors (Lipinski definition) is 1. The van der Waals surface area contributed by atoms with Gasteiger partial charge < -0.3 is 19.5 Å². The van der Waals surface area contributed by atoms with E-state index < -0.39 is 0 Å². The monoisotopic (exact) mass is 229 g/mol. The summed E-state index contributed by atoms with van der Waals surface area (Å²) in [5, 5.41) is 3.52. The van der Waals surface area contributed by atoms with Crippen LogP contribution in [-0.2, 0) is 14.2 Å². The predicted molar refractivity (Wildman–Crippen MR) is 61.6 cm³/mol. The Kier molecular flexibility index (Phi) is 5.03. The van der Waals surface area contributed by atoms with Crippen LogP contribution in [0.1, 0.15) is 26.2 Å². The largest absolute Gasteiger partial charge is 0.379 e. The minimum atomic E-state index is 0.341. The third-order valence-corrected chi connectivity index (χ3v) is 3.35. The van der Waals surface area contributed by atoms with Gasteiger partial charge in [-0.25, -0.2) is 0 Å². The Hall–Kier alpha value is -0.160. The number of rotatable bonds is 6. The van der Waals surface area contributed by atoms with Crippen molar-refractivity contribution in [2.45, 2.75) is 44.4 Å². The van der Waals surface area contributed by atoms with Gasteiger partial charge in [-0.3, -0.25) is 0 Å². The van der Waals surface area contributed by atoms with Crippen LogP contribution in [0.3, 0.4) is 0 Å². The standard InChI is InChI=1S/C12H23NO3/c1-10-12(4-8-15-10)13-5-2-6-16-11-3-7-14-9-11/h10-13H,2-9H2,1H3. The maximum absolute atomic E-state index is 5.70. The summed E-state index contributed by atoms with van der Waals surface area (Å²) in [6, 6.07) is 0.537. The zero-order valence-corrected chi connectivity index (χ0v) is 10.1. The van der Waals surface area contributed by atoms with Gasteiger partial charge in [0.1, 0.15) is 0 Å². The molecule has 0 spiro atoms. The van der Waals surface area contributed by atoms with Gasteiger partial charge in [0.25, 0.3) is 0 Å². The van der Waals surface area contributed by atoms with E-state index in [0.717, 1.165) is 52.2 Å². The Morgan fingerprint density at radius 3 is 2.94 bits per heavy atom. The van der Waals surface area contributed by atoms with Gasteiger partial charge >= 0.3 is 0 Å². The second kappa shape index (κ2) is 6.55. The lowest BCUT2D eigenvalue weighted by atomic mass is 10.1. The zero-order valence-electron chi connectivity index (χ0n) is 10.1. The maximum atomic E-state index is 5.70. The Bertz CT molecular complexity index is 195. The van der Waals surface area contributed by atoms with E-state index >= 15 is 0 Å². The van der Waals surface area contributed by atoms with Crippen LogP contribution in [0, 0.1) is 0 Å². The van der Waals surface area contributed by atoms with Crippen LogP contribution in [0.2, 0.25) is 0 Å². The average molecular weight is 229 g/mol. The van der Waals surface area contributed by atoms with E-state index in [1.165, 1.54) is 0 Å². The van der Waals surface area contributed by atoms with E-state index in [1.807, 2.05) is 0 Å². The minimum Gasteiger partial charge on any atom is -0.379 e. The molecule has 0 saturated carbocycles. The summed E-state index contributed by atoms with van der Waals surface area (Å²) in [5.74, 6) is 0. The van der Waals surface area contributed by atoms with Crippen molar-refractivity contribution in [2.75, 3.05) is 33.0 Å². The average Bonchev–Trinajstić information content (AvgIpc) is 2.90. The summed E-state index contributed by atoms with van der Waals surface area (Å²) in [6.07, 6.45) is 3.97. The van der Waals surface area contributed by atoms with Gasteiger partial charge in [-0.1, -0.05) is 0 Å². The van der Waals surface area contributed by atoms with Crippen LogP contribution in [0.4, 0.5) is 0 Å². The summed E-state index contributed by atoms with van der Waals surface area (Å²) in [5.41, 5.74) is 0. The maximum Gasteiger partial charge on any atom is 0.0830 e. The second-order valence-corrected chi connectivity index (χ2v) is 4.64. The molecule has 2 fully saturated rings. The van der Waals surface area contributed by atoms with Crippen molar-refractivity contribution >= 4 is 0 Å². The van der Waals surface area contributed by atoms with E-state index in [4.69, 9.17) is 14.2 Å². The highest BCUT2D eigenvalue weighted by molar-refractivity contribution is 4.78. The highest BCUT2D eigenvalue weighted by Crippen LogP contribution is 2.12. The summed E-state index contributed by atoms with van der Waals surface area (Å²) in [6.45, 7) is 6.53. The van der Waals surface area contributed by atoms with E-state index in [0.29, 0.717) is 18.2 Å². The Balaban J connectivity index is 1.45. The van der Waals surface area contributed by atoms with E-state index in [1.54, 1.807) is 0 Å². The number of nitrogens with one attached hydrogen (secondary N) is 1. The molecule has 3 atom stereocenters. The molecule has 4 heteroatoms. The molecule has 0 aromatic carbocycles. The van der Waals surface area contributed by atoms with Gasteiger partial charge in [-0.2, -0.15) is 0 Å². The lowest BCUT2D eigenvalue weighted by Gasteiger charge is -2.16. The highest BCUT2D eigenvalue weighted by Gasteiger charge is 2.23. The number of ether oxygens (including phenoxy) is 3. The zero-order chi connectivity index (χ0) is 11.2. The molecule has 2 heterocycles. The fraction of sp³-hybridized carbons (Fsp3) is 1.00. The van der Waals surface area contributed by atoms with Crippen LogP contribution in [0.25, 0.3) is 0 Å². The SMILES string of the molecule is CC1OCCC1NCCCOC1CCOC1. The fourth-order valence-electron chi connectivity index (χ4n) is 2.25. The van der Waals surface area contributed by atoms with Crippen LogP contribution < -0.4 is 5.32 Å². The van der Waals surface area contributed by atoms with Crippen LogP contribution in [0.5, 0.6) is 0 Å². The van der Waals surface area contributed by atoms with E-state index in [9.17, 15) is 0 Å². The lowest BCUT2D eigenvalue weighted by Crippen LogP contribution is -2.35. The molecule has 2 saturated heterocycles. The predicted octanol–water partition coefficient (Wildman–Crippen LogP) is 0.949. The van der Waals surface area contributed by atoms with Crippen LogP contribution >= 0.6 is 0 Å². The van der Waals surface area contributed by atoms with Gasteiger partial charge in [-0.05, 0) is 32.7 Å². The molecule has 0 radical (unpaired) electrons. The van der Waals surface area contributed by atoms with Crippen molar-refractivity contribution < 1.29 is 14.2 Å². The molecule has 3 unspecified atom stereocenters. The molecular weight excluding hydrogens is 206 g/mol.